The third-order valence-corrected chi connectivity index (χ3v) is 7.12. The summed E-state index contributed by atoms with van der Waals surface area (Å²) in [5.74, 6) is -0.0567. The Morgan fingerprint density at radius 3 is 2.57 bits per heavy atom. The van der Waals surface area contributed by atoms with E-state index in [-0.39, 0.29) is 18.5 Å². The Hall–Kier alpha value is -2.80. The van der Waals surface area contributed by atoms with E-state index in [1.54, 1.807) is 29.2 Å². The Balaban J connectivity index is 1.47. The zero-order chi connectivity index (χ0) is 19.7. The maximum absolute atomic E-state index is 13.0. The molecule has 0 spiro atoms. The zero-order valence-corrected chi connectivity index (χ0v) is 16.5. The number of nitrogens with one attached hydrogen (secondary N) is 1. The van der Waals surface area contributed by atoms with Crippen LogP contribution < -0.4 is 4.72 Å². The van der Waals surface area contributed by atoms with Crippen LogP contribution in [-0.4, -0.2) is 42.1 Å². The highest BCUT2D eigenvalue weighted by Crippen LogP contribution is 2.25. The average Bonchev–Trinajstić information content (AvgIpc) is 3.35. The third-order valence-electron chi connectivity index (χ3n) is 5.33. The number of carbonyl (C=O) groups is 1. The van der Waals surface area contributed by atoms with Crippen molar-refractivity contribution in [3.05, 3.63) is 66.9 Å². The molecule has 0 saturated carbocycles. The molecule has 0 aliphatic carbocycles. The second-order valence-corrected chi connectivity index (χ2v) is 9.13. The van der Waals surface area contributed by atoms with Gasteiger partial charge in [0.2, 0.25) is 15.9 Å². The van der Waals surface area contributed by atoms with Crippen molar-refractivity contribution in [3.63, 3.8) is 0 Å². The maximum Gasteiger partial charge on any atom is 0.245 e. The minimum absolute atomic E-state index is 0.0567. The van der Waals surface area contributed by atoms with Gasteiger partial charge in [-0.3, -0.25) is 9.52 Å². The summed E-state index contributed by atoms with van der Waals surface area (Å²) in [5.41, 5.74) is 1.54. The molecule has 3 aromatic rings. The van der Waals surface area contributed by atoms with Crippen LogP contribution in [0.15, 0.2) is 66.9 Å². The molecule has 1 aromatic heterocycles. The minimum Gasteiger partial charge on any atom is -0.339 e. The predicted molar refractivity (Wildman–Crippen MR) is 111 cm³/mol. The summed E-state index contributed by atoms with van der Waals surface area (Å²) in [5, 5.41) is 0.473. The van der Waals surface area contributed by atoms with Gasteiger partial charge in [-0.05, 0) is 43.0 Å². The number of nitrogens with zero attached hydrogens (tertiary/aromatic N) is 2. The molecule has 146 valence electrons. The van der Waals surface area contributed by atoms with E-state index in [1.165, 1.54) is 0 Å². The van der Waals surface area contributed by atoms with Crippen molar-refractivity contribution in [2.75, 3.05) is 17.8 Å². The largest absolute Gasteiger partial charge is 0.339 e. The second-order valence-electron chi connectivity index (χ2n) is 7.17. The van der Waals surface area contributed by atoms with E-state index in [4.69, 9.17) is 0 Å². The average molecular weight is 398 g/mol. The van der Waals surface area contributed by atoms with Gasteiger partial charge in [0.1, 0.15) is 6.04 Å². The van der Waals surface area contributed by atoms with Crippen molar-refractivity contribution in [2.24, 2.45) is 0 Å². The van der Waals surface area contributed by atoms with E-state index in [0.717, 1.165) is 10.9 Å². The van der Waals surface area contributed by atoms with Crippen molar-refractivity contribution in [1.29, 1.82) is 0 Å². The molecular formula is C21H23N3O3S. The molecule has 2 heterocycles. The first kappa shape index (κ1) is 18.6. The van der Waals surface area contributed by atoms with Crippen molar-refractivity contribution in [3.8, 4) is 0 Å². The number of hydrogen-bond acceptors (Lipinski definition) is 3. The Morgan fingerprint density at radius 2 is 1.79 bits per heavy atom. The third kappa shape index (κ3) is 3.49. The van der Waals surface area contributed by atoms with Gasteiger partial charge in [0, 0.05) is 30.5 Å². The normalized spacial score (nSPS) is 18.3. The van der Waals surface area contributed by atoms with E-state index in [9.17, 15) is 13.2 Å². The van der Waals surface area contributed by atoms with E-state index in [1.807, 2.05) is 54.1 Å². The number of rotatable bonds is 5. The van der Waals surface area contributed by atoms with Crippen molar-refractivity contribution in [2.45, 2.75) is 24.6 Å². The van der Waals surface area contributed by atoms with Gasteiger partial charge in [-0.1, -0.05) is 36.4 Å². The van der Waals surface area contributed by atoms with Crippen LogP contribution in [0.3, 0.4) is 0 Å². The highest BCUT2D eigenvalue weighted by molar-refractivity contribution is 7.93. The fourth-order valence-corrected chi connectivity index (χ4v) is 5.18. The lowest BCUT2D eigenvalue weighted by molar-refractivity contribution is -0.133. The standard InChI is InChI=1S/C21H23N3O3S/c1-16(24-14-11-17-7-5-6-10-20(17)24)21(25)23-13-12-19(15-23)28(26,27)22-18-8-3-2-4-9-18/h2-11,14,16,19,22H,12-13,15H2,1H3/t16-,19-/m1/s1. The first-order chi connectivity index (χ1) is 13.5. The molecule has 1 amide bonds. The van der Waals surface area contributed by atoms with Crippen molar-refractivity contribution in [1.82, 2.24) is 9.47 Å². The number of fused-ring (bicyclic) bond motifs is 1. The van der Waals surface area contributed by atoms with Gasteiger partial charge in [0.15, 0.2) is 0 Å². The molecule has 0 unspecified atom stereocenters. The number of benzene rings is 2. The summed E-state index contributed by atoms with van der Waals surface area (Å²) in [6.07, 6.45) is 2.35. The molecule has 1 fully saturated rings. The topological polar surface area (TPSA) is 71.4 Å². The molecule has 1 saturated heterocycles. The number of aromatic nitrogens is 1. The Morgan fingerprint density at radius 1 is 1.07 bits per heavy atom. The molecule has 1 N–H and O–H groups in total. The monoisotopic (exact) mass is 397 g/mol. The van der Waals surface area contributed by atoms with E-state index in [2.05, 4.69) is 4.72 Å². The molecule has 2 atom stereocenters. The van der Waals surface area contributed by atoms with Gasteiger partial charge in [-0.2, -0.15) is 0 Å². The van der Waals surface area contributed by atoms with Gasteiger partial charge in [-0.25, -0.2) is 8.42 Å². The smallest absolute Gasteiger partial charge is 0.245 e. The van der Waals surface area contributed by atoms with Crippen LogP contribution in [0, 0.1) is 0 Å². The molecule has 1 aliphatic rings. The van der Waals surface area contributed by atoms with Crippen molar-refractivity contribution >= 4 is 32.5 Å². The lowest BCUT2D eigenvalue weighted by Crippen LogP contribution is -2.37. The molecule has 4 rings (SSSR count). The highest BCUT2D eigenvalue weighted by Gasteiger charge is 2.36. The van der Waals surface area contributed by atoms with Crippen LogP contribution in [0.4, 0.5) is 5.69 Å². The summed E-state index contributed by atoms with van der Waals surface area (Å²) in [6.45, 7) is 2.52. The number of sulfonamides is 1. The van der Waals surface area contributed by atoms with E-state index >= 15 is 0 Å². The first-order valence-corrected chi connectivity index (χ1v) is 10.9. The quantitative estimate of drug-likeness (QED) is 0.718. The first-order valence-electron chi connectivity index (χ1n) is 9.37. The number of hydrogen-bond donors (Lipinski definition) is 1. The lowest BCUT2D eigenvalue weighted by Gasteiger charge is -2.23. The van der Waals surface area contributed by atoms with E-state index < -0.39 is 15.3 Å². The SMILES string of the molecule is C[C@H](C(=O)N1CC[C@@H](S(=O)(=O)Nc2ccccc2)C1)n1ccc2ccccc21. The number of para-hydroxylation sites is 2. The highest BCUT2D eigenvalue weighted by atomic mass is 32.2. The Bertz CT molecular complexity index is 1090. The van der Waals surface area contributed by atoms with E-state index in [0.29, 0.717) is 18.7 Å². The molecule has 0 radical (unpaired) electrons. The maximum atomic E-state index is 13.0. The number of anilines is 1. The van der Waals surface area contributed by atoms with Gasteiger partial charge < -0.3 is 9.47 Å². The Labute approximate surface area is 164 Å². The van der Waals surface area contributed by atoms with Crippen LogP contribution in [0.5, 0.6) is 0 Å². The predicted octanol–water partition coefficient (Wildman–Crippen LogP) is 3.25. The van der Waals surface area contributed by atoms with Gasteiger partial charge >= 0.3 is 0 Å². The van der Waals surface area contributed by atoms with Gasteiger partial charge in [0.25, 0.3) is 0 Å². The fourth-order valence-electron chi connectivity index (χ4n) is 3.76. The molecule has 2 aromatic carbocycles. The van der Waals surface area contributed by atoms with Crippen LogP contribution in [-0.2, 0) is 14.8 Å². The second kappa shape index (κ2) is 7.31. The summed E-state index contributed by atoms with van der Waals surface area (Å²) in [4.78, 5) is 14.7. The lowest BCUT2D eigenvalue weighted by atomic mass is 10.2. The van der Waals surface area contributed by atoms with Crippen LogP contribution in [0.2, 0.25) is 0 Å². The van der Waals surface area contributed by atoms with Crippen LogP contribution >= 0.6 is 0 Å². The molecule has 0 bridgehead atoms. The molecule has 7 heteroatoms. The molecule has 28 heavy (non-hydrogen) atoms. The summed E-state index contributed by atoms with van der Waals surface area (Å²) in [6, 6.07) is 18.3. The van der Waals surface area contributed by atoms with Gasteiger partial charge in [-0.15, -0.1) is 0 Å². The van der Waals surface area contributed by atoms with Crippen molar-refractivity contribution < 1.29 is 13.2 Å². The summed E-state index contributed by atoms with van der Waals surface area (Å²) >= 11 is 0. The Kier molecular flexibility index (Phi) is 4.85. The summed E-state index contributed by atoms with van der Waals surface area (Å²) in [7, 11) is -3.54. The van der Waals surface area contributed by atoms with Gasteiger partial charge in [0.05, 0.1) is 5.25 Å². The number of amides is 1. The van der Waals surface area contributed by atoms with Crippen LogP contribution in [0.1, 0.15) is 19.4 Å². The zero-order valence-electron chi connectivity index (χ0n) is 15.7. The molecular weight excluding hydrogens is 374 g/mol. The van der Waals surface area contributed by atoms with Crippen LogP contribution in [0.25, 0.3) is 10.9 Å². The summed E-state index contributed by atoms with van der Waals surface area (Å²) < 4.78 is 30.0. The molecule has 6 nitrogen and oxygen atoms in total. The fraction of sp³-hybridized carbons (Fsp3) is 0.286. The number of carbonyl (C=O) groups excluding carboxylic acids is 1. The minimum atomic E-state index is -3.54. The number of likely N-dealkylation sites (tertiary alicyclic amines) is 1. The molecule has 1 aliphatic heterocycles.